The Hall–Kier alpha value is -0.580. The summed E-state index contributed by atoms with van der Waals surface area (Å²) in [5.74, 6) is -0.214. The summed E-state index contributed by atoms with van der Waals surface area (Å²) in [5.41, 5.74) is -0.683. The van der Waals surface area contributed by atoms with E-state index in [9.17, 15) is 9.59 Å². The summed E-state index contributed by atoms with van der Waals surface area (Å²) in [7, 11) is 0. The molecule has 0 aromatic heterocycles. The van der Waals surface area contributed by atoms with Gasteiger partial charge in [0.05, 0.1) is 16.1 Å². The molecule has 0 radical (unpaired) electrons. The lowest BCUT2D eigenvalue weighted by atomic mass is 9.93. The van der Waals surface area contributed by atoms with Crippen LogP contribution < -0.4 is 5.32 Å². The van der Waals surface area contributed by atoms with Gasteiger partial charge in [0, 0.05) is 0 Å². The topological polar surface area (TPSA) is 49.4 Å². The number of carbonyl (C=O) groups is 2. The lowest BCUT2D eigenvalue weighted by Gasteiger charge is -2.27. The van der Waals surface area contributed by atoms with Crippen LogP contribution >= 0.6 is 16.1 Å². The van der Waals surface area contributed by atoms with Crippen molar-refractivity contribution in [1.29, 1.82) is 0 Å². The summed E-state index contributed by atoms with van der Waals surface area (Å²) < 4.78 is 1.31. The molecule has 1 rings (SSSR count). The van der Waals surface area contributed by atoms with Gasteiger partial charge in [-0.25, -0.2) is 8.72 Å². The van der Waals surface area contributed by atoms with Crippen LogP contribution in [0.4, 0.5) is 4.79 Å². The predicted molar refractivity (Wildman–Crippen MR) is 47.6 cm³/mol. The number of nitrogens with zero attached hydrogens (tertiary/aromatic N) is 1. The zero-order valence-electron chi connectivity index (χ0n) is 7.06. The van der Waals surface area contributed by atoms with Gasteiger partial charge in [-0.2, -0.15) is 0 Å². The van der Waals surface area contributed by atoms with Crippen LogP contribution in [0, 0.1) is 0 Å². The Morgan fingerprint density at radius 3 is 2.08 bits per heavy atom. The van der Waals surface area contributed by atoms with Gasteiger partial charge in [-0.3, -0.25) is 10.1 Å². The van der Waals surface area contributed by atoms with Crippen molar-refractivity contribution in [2.24, 2.45) is 0 Å². The molecular formula is C7H11BrN2O2. The normalized spacial score (nSPS) is 21.4. The minimum absolute atomic E-state index is 0.214. The molecule has 12 heavy (non-hydrogen) atoms. The van der Waals surface area contributed by atoms with Crippen LogP contribution in [0.2, 0.25) is 0 Å². The van der Waals surface area contributed by atoms with E-state index >= 15 is 0 Å². The molecule has 0 unspecified atom stereocenters. The van der Waals surface area contributed by atoms with Crippen molar-refractivity contribution < 1.29 is 9.59 Å². The molecule has 68 valence electrons. The van der Waals surface area contributed by atoms with Crippen molar-refractivity contribution in [3.05, 3.63) is 0 Å². The fourth-order valence-electron chi connectivity index (χ4n) is 1.39. The highest BCUT2D eigenvalue weighted by Crippen LogP contribution is 2.31. The van der Waals surface area contributed by atoms with E-state index in [4.69, 9.17) is 0 Å². The van der Waals surface area contributed by atoms with Crippen LogP contribution in [-0.4, -0.2) is 21.4 Å². The molecule has 1 N–H and O–H groups in total. The first-order valence-corrected chi connectivity index (χ1v) is 4.61. The van der Waals surface area contributed by atoms with Crippen LogP contribution in [0.5, 0.6) is 0 Å². The SMILES string of the molecule is CCC1(CC)C(=O)NC(=O)N1Br. The van der Waals surface area contributed by atoms with E-state index < -0.39 is 5.54 Å². The fraction of sp³-hybridized carbons (Fsp3) is 0.714. The molecule has 0 bridgehead atoms. The minimum atomic E-state index is -0.683. The quantitative estimate of drug-likeness (QED) is 0.581. The lowest BCUT2D eigenvalue weighted by Crippen LogP contribution is -2.43. The van der Waals surface area contributed by atoms with Crippen LogP contribution in [-0.2, 0) is 4.79 Å². The van der Waals surface area contributed by atoms with E-state index in [0.29, 0.717) is 12.8 Å². The number of hydrogen-bond donors (Lipinski definition) is 1. The zero-order valence-corrected chi connectivity index (χ0v) is 8.64. The largest absolute Gasteiger partial charge is 0.335 e. The van der Waals surface area contributed by atoms with Gasteiger partial charge in [0.25, 0.3) is 5.91 Å². The summed E-state index contributed by atoms with van der Waals surface area (Å²) in [6.45, 7) is 3.77. The highest BCUT2D eigenvalue weighted by Gasteiger charge is 2.49. The molecule has 0 atom stereocenters. The Kier molecular flexibility index (Phi) is 2.41. The molecule has 3 amide bonds. The van der Waals surface area contributed by atoms with E-state index in [0.717, 1.165) is 0 Å². The molecule has 0 saturated carbocycles. The third-order valence-electron chi connectivity index (χ3n) is 2.37. The molecule has 5 heteroatoms. The summed E-state index contributed by atoms with van der Waals surface area (Å²) in [5, 5.41) is 2.26. The number of halogens is 1. The van der Waals surface area contributed by atoms with Gasteiger partial charge in [-0.1, -0.05) is 13.8 Å². The molecule has 1 saturated heterocycles. The number of carbonyl (C=O) groups excluding carboxylic acids is 2. The van der Waals surface area contributed by atoms with Gasteiger partial charge < -0.3 is 0 Å². The third-order valence-corrected chi connectivity index (χ3v) is 3.37. The van der Waals surface area contributed by atoms with Gasteiger partial charge in [0.2, 0.25) is 0 Å². The van der Waals surface area contributed by atoms with Crippen LogP contribution in [0.15, 0.2) is 0 Å². The Bertz CT molecular complexity index is 225. The van der Waals surface area contributed by atoms with Gasteiger partial charge in [0.1, 0.15) is 5.54 Å². The van der Waals surface area contributed by atoms with Crippen molar-refractivity contribution in [3.63, 3.8) is 0 Å². The van der Waals surface area contributed by atoms with E-state index in [1.54, 1.807) is 0 Å². The first-order valence-electron chi connectivity index (χ1n) is 3.90. The number of urea groups is 1. The van der Waals surface area contributed by atoms with Crippen molar-refractivity contribution >= 4 is 28.1 Å². The summed E-state index contributed by atoms with van der Waals surface area (Å²) in [6.07, 6.45) is 1.23. The van der Waals surface area contributed by atoms with Crippen LogP contribution in [0.25, 0.3) is 0 Å². The molecule has 0 aromatic rings. The van der Waals surface area contributed by atoms with E-state index in [2.05, 4.69) is 21.5 Å². The second-order valence-corrected chi connectivity index (χ2v) is 3.49. The average molecular weight is 235 g/mol. The van der Waals surface area contributed by atoms with Crippen molar-refractivity contribution in [3.8, 4) is 0 Å². The highest BCUT2D eigenvalue weighted by atomic mass is 79.9. The second kappa shape index (κ2) is 3.05. The van der Waals surface area contributed by atoms with Gasteiger partial charge in [-0.15, -0.1) is 0 Å². The third kappa shape index (κ3) is 1.03. The number of imide groups is 1. The average Bonchev–Trinajstić information content (AvgIpc) is 2.26. The molecule has 0 aliphatic carbocycles. The summed E-state index contributed by atoms with van der Waals surface area (Å²) in [4.78, 5) is 22.4. The number of rotatable bonds is 2. The predicted octanol–water partition coefficient (Wildman–Crippen LogP) is 1.41. The molecular weight excluding hydrogens is 224 g/mol. The van der Waals surface area contributed by atoms with E-state index in [1.807, 2.05) is 13.8 Å². The number of nitrogens with one attached hydrogen (secondary N) is 1. The van der Waals surface area contributed by atoms with Crippen LogP contribution in [0.1, 0.15) is 26.7 Å². The van der Waals surface area contributed by atoms with E-state index in [-0.39, 0.29) is 11.9 Å². The Morgan fingerprint density at radius 1 is 1.42 bits per heavy atom. The first kappa shape index (κ1) is 9.51. The van der Waals surface area contributed by atoms with Gasteiger partial charge in [0.15, 0.2) is 0 Å². The fourth-order valence-corrected chi connectivity index (χ4v) is 2.15. The second-order valence-electron chi connectivity index (χ2n) is 2.78. The van der Waals surface area contributed by atoms with Crippen molar-refractivity contribution in [2.45, 2.75) is 32.2 Å². The number of hydrogen-bond acceptors (Lipinski definition) is 2. The standard InChI is InChI=1S/C7H11BrN2O2/c1-3-7(4-2)5(11)9-6(12)10(7)8/h3-4H2,1-2H3,(H,9,11,12). The summed E-state index contributed by atoms with van der Waals surface area (Å²) >= 11 is 3.09. The lowest BCUT2D eigenvalue weighted by molar-refractivity contribution is -0.125. The molecule has 0 aromatic carbocycles. The molecule has 1 aliphatic heterocycles. The first-order chi connectivity index (χ1) is 5.58. The monoisotopic (exact) mass is 234 g/mol. The molecule has 1 aliphatic rings. The smallest absolute Gasteiger partial charge is 0.275 e. The molecule has 0 spiro atoms. The molecule has 1 fully saturated rings. The molecule has 4 nitrogen and oxygen atoms in total. The highest BCUT2D eigenvalue weighted by molar-refractivity contribution is 9.07. The maximum Gasteiger partial charge on any atom is 0.335 e. The maximum absolute atomic E-state index is 11.4. The minimum Gasteiger partial charge on any atom is -0.275 e. The van der Waals surface area contributed by atoms with Crippen LogP contribution in [0.3, 0.4) is 0 Å². The van der Waals surface area contributed by atoms with Gasteiger partial charge >= 0.3 is 6.03 Å². The maximum atomic E-state index is 11.4. The van der Waals surface area contributed by atoms with Crippen molar-refractivity contribution in [1.82, 2.24) is 9.24 Å². The Labute approximate surface area is 79.6 Å². The van der Waals surface area contributed by atoms with E-state index in [1.165, 1.54) is 3.93 Å². The van der Waals surface area contributed by atoms with Gasteiger partial charge in [-0.05, 0) is 12.8 Å². The zero-order chi connectivity index (χ0) is 9.35. The molecule has 1 heterocycles. The Morgan fingerprint density at radius 2 is 1.92 bits per heavy atom. The van der Waals surface area contributed by atoms with Crippen molar-refractivity contribution in [2.75, 3.05) is 0 Å². The Balaban J connectivity index is 3.01. The summed E-state index contributed by atoms with van der Waals surface area (Å²) in [6, 6.07) is -0.372. The number of amides is 3.